The number of benzene rings is 2. The normalized spacial score (nSPS) is 12.9. The highest BCUT2D eigenvalue weighted by Gasteiger charge is 2.23. The lowest BCUT2D eigenvalue weighted by molar-refractivity contribution is -0.123. The number of alkyl halides is 2. The summed E-state index contributed by atoms with van der Waals surface area (Å²) in [7, 11) is 0. The first-order chi connectivity index (χ1) is 13.7. The topological polar surface area (TPSA) is 56.1 Å². The number of carbonyl (C=O) groups is 1. The second-order valence-corrected chi connectivity index (χ2v) is 7.96. The van der Waals surface area contributed by atoms with Gasteiger partial charge in [-0.25, -0.2) is 4.98 Å². The Morgan fingerprint density at radius 1 is 1.14 bits per heavy atom. The zero-order chi connectivity index (χ0) is 21.2. The molecular weight excluding hydrogens is 376 g/mol. The quantitative estimate of drug-likeness (QED) is 0.633. The standard InChI is InChI=1S/C22H25F2N3O2/c1-14(20-26-17-7-5-6-8-18(17)27(20)21(23)24)25-19(28)13-29-16-11-9-15(10-12-16)22(2,3)4/h5-12,14,21H,13H2,1-4H3,(H,25,28). The van der Waals surface area contributed by atoms with E-state index >= 15 is 0 Å². The maximum absolute atomic E-state index is 13.6. The largest absolute Gasteiger partial charge is 0.484 e. The number of nitrogens with zero attached hydrogens (tertiary/aromatic N) is 2. The Balaban J connectivity index is 1.65. The SMILES string of the molecule is CC(NC(=O)COc1ccc(C(C)(C)C)cc1)c1nc2ccccc2n1C(F)F. The first kappa shape index (κ1) is 20.8. The molecule has 1 amide bonds. The van der Waals surface area contributed by atoms with E-state index < -0.39 is 18.5 Å². The molecule has 1 atom stereocenters. The van der Waals surface area contributed by atoms with E-state index in [1.54, 1.807) is 31.2 Å². The summed E-state index contributed by atoms with van der Waals surface area (Å²) in [5.74, 6) is 0.259. The van der Waals surface area contributed by atoms with E-state index in [1.807, 2.05) is 24.3 Å². The number of halogens is 2. The van der Waals surface area contributed by atoms with Crippen LogP contribution in [0.5, 0.6) is 5.75 Å². The molecule has 0 saturated heterocycles. The molecule has 1 unspecified atom stereocenters. The molecule has 0 spiro atoms. The molecule has 0 fully saturated rings. The molecule has 5 nitrogen and oxygen atoms in total. The number of rotatable bonds is 6. The highest BCUT2D eigenvalue weighted by molar-refractivity contribution is 5.79. The molecule has 3 rings (SSSR count). The lowest BCUT2D eigenvalue weighted by Gasteiger charge is -2.19. The van der Waals surface area contributed by atoms with Crippen LogP contribution < -0.4 is 10.1 Å². The molecule has 154 valence electrons. The fraction of sp³-hybridized carbons (Fsp3) is 0.364. The van der Waals surface area contributed by atoms with Gasteiger partial charge < -0.3 is 10.1 Å². The Morgan fingerprint density at radius 2 is 1.79 bits per heavy atom. The third-order valence-electron chi connectivity index (χ3n) is 4.67. The maximum atomic E-state index is 13.6. The number of imidazole rings is 1. The molecule has 1 aromatic heterocycles. The van der Waals surface area contributed by atoms with Crippen molar-refractivity contribution in [2.24, 2.45) is 0 Å². The van der Waals surface area contributed by atoms with Crippen LogP contribution in [0, 0.1) is 0 Å². The van der Waals surface area contributed by atoms with Crippen LogP contribution in [0.1, 0.15) is 51.7 Å². The molecule has 0 aliphatic carbocycles. The van der Waals surface area contributed by atoms with E-state index in [9.17, 15) is 13.6 Å². The highest BCUT2D eigenvalue weighted by Crippen LogP contribution is 2.27. The van der Waals surface area contributed by atoms with E-state index in [-0.39, 0.29) is 17.8 Å². The molecule has 0 bridgehead atoms. The lowest BCUT2D eigenvalue weighted by atomic mass is 9.87. The third kappa shape index (κ3) is 4.72. The van der Waals surface area contributed by atoms with Crippen molar-refractivity contribution in [2.45, 2.75) is 45.7 Å². The van der Waals surface area contributed by atoms with Gasteiger partial charge in [-0.2, -0.15) is 8.78 Å². The van der Waals surface area contributed by atoms with Gasteiger partial charge in [0, 0.05) is 0 Å². The van der Waals surface area contributed by atoms with Crippen molar-refractivity contribution in [1.82, 2.24) is 14.9 Å². The van der Waals surface area contributed by atoms with Crippen LogP contribution in [-0.4, -0.2) is 22.1 Å². The second-order valence-electron chi connectivity index (χ2n) is 7.96. The summed E-state index contributed by atoms with van der Waals surface area (Å²) in [6.07, 6.45) is 0. The van der Waals surface area contributed by atoms with Crippen LogP contribution in [0.3, 0.4) is 0 Å². The lowest BCUT2D eigenvalue weighted by Crippen LogP contribution is -2.32. The number of ether oxygens (including phenoxy) is 1. The van der Waals surface area contributed by atoms with E-state index in [2.05, 4.69) is 31.1 Å². The number of fused-ring (bicyclic) bond motifs is 1. The number of nitrogens with one attached hydrogen (secondary N) is 1. The molecule has 7 heteroatoms. The Labute approximate surface area is 168 Å². The van der Waals surface area contributed by atoms with Gasteiger partial charge in [0.15, 0.2) is 6.61 Å². The van der Waals surface area contributed by atoms with Gasteiger partial charge in [0.1, 0.15) is 11.6 Å². The third-order valence-corrected chi connectivity index (χ3v) is 4.67. The summed E-state index contributed by atoms with van der Waals surface area (Å²) in [5.41, 5.74) is 1.98. The molecule has 2 aromatic carbocycles. The zero-order valence-electron chi connectivity index (χ0n) is 16.9. The minimum atomic E-state index is -2.76. The predicted molar refractivity (Wildman–Crippen MR) is 108 cm³/mol. The first-order valence-corrected chi connectivity index (χ1v) is 9.44. The molecule has 1 heterocycles. The number of carbonyl (C=O) groups excluding carboxylic acids is 1. The van der Waals surface area contributed by atoms with Crippen molar-refractivity contribution < 1.29 is 18.3 Å². The Kier molecular flexibility index (Phi) is 5.86. The number of aromatic nitrogens is 2. The Bertz CT molecular complexity index is 991. The van der Waals surface area contributed by atoms with Crippen molar-refractivity contribution in [3.63, 3.8) is 0 Å². The van der Waals surface area contributed by atoms with Crippen LogP contribution in [0.15, 0.2) is 48.5 Å². The van der Waals surface area contributed by atoms with Gasteiger partial charge in [-0.1, -0.05) is 45.0 Å². The molecule has 0 saturated carbocycles. The van der Waals surface area contributed by atoms with E-state index in [1.165, 1.54) is 0 Å². The predicted octanol–water partition coefficient (Wildman–Crippen LogP) is 4.99. The molecule has 3 aromatic rings. The summed E-state index contributed by atoms with van der Waals surface area (Å²) in [4.78, 5) is 16.5. The van der Waals surface area contributed by atoms with Gasteiger partial charge in [0.2, 0.25) is 0 Å². The fourth-order valence-corrected chi connectivity index (χ4v) is 3.12. The van der Waals surface area contributed by atoms with Crippen molar-refractivity contribution in [2.75, 3.05) is 6.61 Å². The number of para-hydroxylation sites is 2. The van der Waals surface area contributed by atoms with Gasteiger partial charge in [-0.05, 0) is 42.2 Å². The van der Waals surface area contributed by atoms with Gasteiger partial charge in [0.25, 0.3) is 5.91 Å². The van der Waals surface area contributed by atoms with E-state index in [4.69, 9.17) is 4.74 Å². The summed E-state index contributed by atoms with van der Waals surface area (Å²) < 4.78 is 33.5. The van der Waals surface area contributed by atoms with Gasteiger partial charge in [-0.3, -0.25) is 9.36 Å². The van der Waals surface area contributed by atoms with Crippen LogP contribution >= 0.6 is 0 Å². The summed E-state index contributed by atoms with van der Waals surface area (Å²) in [6.45, 7) is 5.00. The van der Waals surface area contributed by atoms with Gasteiger partial charge in [-0.15, -0.1) is 0 Å². The smallest absolute Gasteiger partial charge is 0.320 e. The molecule has 0 aliphatic heterocycles. The van der Waals surface area contributed by atoms with E-state index in [0.717, 1.165) is 10.1 Å². The fourth-order valence-electron chi connectivity index (χ4n) is 3.12. The van der Waals surface area contributed by atoms with Gasteiger partial charge >= 0.3 is 6.55 Å². The second kappa shape index (κ2) is 8.19. The van der Waals surface area contributed by atoms with Crippen molar-refractivity contribution in [1.29, 1.82) is 0 Å². The average Bonchev–Trinajstić information content (AvgIpc) is 3.06. The first-order valence-electron chi connectivity index (χ1n) is 9.44. The van der Waals surface area contributed by atoms with Gasteiger partial charge in [0.05, 0.1) is 17.1 Å². The number of hydrogen-bond acceptors (Lipinski definition) is 3. The highest BCUT2D eigenvalue weighted by atomic mass is 19.3. The monoisotopic (exact) mass is 401 g/mol. The van der Waals surface area contributed by atoms with E-state index in [0.29, 0.717) is 16.8 Å². The average molecular weight is 401 g/mol. The number of amides is 1. The molecule has 1 N–H and O–H groups in total. The van der Waals surface area contributed by atoms with Crippen LogP contribution in [0.25, 0.3) is 11.0 Å². The Morgan fingerprint density at radius 3 is 2.41 bits per heavy atom. The van der Waals surface area contributed by atoms with Crippen LogP contribution in [0.2, 0.25) is 0 Å². The van der Waals surface area contributed by atoms with Crippen LogP contribution in [0.4, 0.5) is 8.78 Å². The summed E-state index contributed by atoms with van der Waals surface area (Å²) in [6, 6.07) is 13.5. The minimum absolute atomic E-state index is 0.0293. The minimum Gasteiger partial charge on any atom is -0.484 e. The molecular formula is C22H25F2N3O2. The van der Waals surface area contributed by atoms with Crippen molar-refractivity contribution >= 4 is 16.9 Å². The maximum Gasteiger partial charge on any atom is 0.320 e. The summed E-state index contributed by atoms with van der Waals surface area (Å²) in [5, 5.41) is 2.68. The van der Waals surface area contributed by atoms with Crippen LogP contribution in [-0.2, 0) is 10.2 Å². The molecule has 0 aliphatic rings. The zero-order valence-corrected chi connectivity index (χ0v) is 16.9. The summed E-state index contributed by atoms with van der Waals surface area (Å²) >= 11 is 0. The Hall–Kier alpha value is -2.96. The number of hydrogen-bond donors (Lipinski definition) is 1. The van der Waals surface area contributed by atoms with Crippen molar-refractivity contribution in [3.8, 4) is 5.75 Å². The molecule has 29 heavy (non-hydrogen) atoms. The molecule has 0 radical (unpaired) electrons. The van der Waals surface area contributed by atoms with Crippen molar-refractivity contribution in [3.05, 3.63) is 59.9 Å².